The van der Waals surface area contributed by atoms with Crippen molar-refractivity contribution >= 4 is 12.0 Å². The number of aryl methyl sites for hydroxylation is 2. The third-order valence-corrected chi connectivity index (χ3v) is 6.23. The third-order valence-electron chi connectivity index (χ3n) is 6.23. The van der Waals surface area contributed by atoms with Crippen molar-refractivity contribution in [2.45, 2.75) is 64.5 Å². The van der Waals surface area contributed by atoms with Crippen LogP contribution in [0.25, 0.3) is 0 Å². The second-order valence-corrected chi connectivity index (χ2v) is 8.08. The van der Waals surface area contributed by atoms with Crippen molar-refractivity contribution in [1.82, 2.24) is 15.1 Å². The van der Waals surface area contributed by atoms with Crippen LogP contribution in [-0.4, -0.2) is 59.1 Å². The first-order chi connectivity index (χ1) is 13.5. The molecular weight excluding hydrogens is 354 g/mol. The predicted molar refractivity (Wildman–Crippen MR) is 110 cm³/mol. The molecule has 1 atom stereocenters. The maximum atomic E-state index is 12.7. The number of benzene rings is 1. The van der Waals surface area contributed by atoms with Crippen LogP contribution in [0.2, 0.25) is 0 Å². The van der Waals surface area contributed by atoms with Crippen molar-refractivity contribution in [3.63, 3.8) is 0 Å². The van der Waals surface area contributed by atoms with E-state index in [2.05, 4.69) is 23.5 Å². The maximum Gasteiger partial charge on any atom is 0.317 e. The number of carboxylic acids is 1. The van der Waals surface area contributed by atoms with Gasteiger partial charge in [-0.1, -0.05) is 25.1 Å². The predicted octanol–water partition coefficient (Wildman–Crippen LogP) is 3.21. The van der Waals surface area contributed by atoms with Gasteiger partial charge in [0.25, 0.3) is 0 Å². The van der Waals surface area contributed by atoms with E-state index in [4.69, 9.17) is 5.11 Å². The lowest BCUT2D eigenvalue weighted by Gasteiger charge is -2.37. The van der Waals surface area contributed by atoms with Crippen LogP contribution in [0.15, 0.2) is 18.2 Å². The number of hydrogen-bond donors (Lipinski definition) is 2. The molecule has 0 aromatic heterocycles. The Morgan fingerprint density at radius 1 is 1.21 bits per heavy atom. The summed E-state index contributed by atoms with van der Waals surface area (Å²) in [6.45, 7) is 6.16. The lowest BCUT2D eigenvalue weighted by atomic mass is 9.89. The van der Waals surface area contributed by atoms with Gasteiger partial charge < -0.3 is 15.3 Å². The van der Waals surface area contributed by atoms with Crippen LogP contribution in [0, 0.1) is 0 Å². The average Bonchev–Trinajstić information content (AvgIpc) is 2.71. The van der Waals surface area contributed by atoms with E-state index >= 15 is 0 Å². The van der Waals surface area contributed by atoms with E-state index in [1.165, 1.54) is 36.0 Å². The van der Waals surface area contributed by atoms with E-state index in [0.717, 1.165) is 25.8 Å². The monoisotopic (exact) mass is 387 g/mol. The number of carboxylic acid groups (broad SMARTS) is 1. The number of nitrogens with one attached hydrogen (secondary N) is 1. The van der Waals surface area contributed by atoms with Gasteiger partial charge in [-0.15, -0.1) is 0 Å². The SMILES string of the molecule is CCN(CC(=O)O)C1CCN(C(=O)N[C@@H](C)c2ccc3c(c2)CCCC3)CC1. The third kappa shape index (κ3) is 5.04. The smallest absolute Gasteiger partial charge is 0.317 e. The Hall–Kier alpha value is -2.08. The molecular formula is C22H33N3O3. The topological polar surface area (TPSA) is 72.9 Å². The molecule has 1 saturated heterocycles. The molecule has 1 aliphatic heterocycles. The molecule has 0 radical (unpaired) electrons. The molecule has 1 aromatic carbocycles. The van der Waals surface area contributed by atoms with Crippen LogP contribution in [0.5, 0.6) is 0 Å². The zero-order valence-corrected chi connectivity index (χ0v) is 17.1. The highest BCUT2D eigenvalue weighted by atomic mass is 16.4. The van der Waals surface area contributed by atoms with Gasteiger partial charge in [0.1, 0.15) is 0 Å². The number of carbonyl (C=O) groups excluding carboxylic acids is 1. The zero-order chi connectivity index (χ0) is 20.1. The lowest BCUT2D eigenvalue weighted by Crippen LogP contribution is -2.50. The molecule has 154 valence electrons. The number of rotatable bonds is 6. The first kappa shape index (κ1) is 20.6. The van der Waals surface area contributed by atoms with Gasteiger partial charge >= 0.3 is 12.0 Å². The van der Waals surface area contributed by atoms with Crippen LogP contribution < -0.4 is 5.32 Å². The molecule has 1 aliphatic carbocycles. The number of nitrogens with zero attached hydrogens (tertiary/aromatic N) is 2. The summed E-state index contributed by atoms with van der Waals surface area (Å²) in [5.74, 6) is -0.791. The molecule has 6 nitrogen and oxygen atoms in total. The number of likely N-dealkylation sites (tertiary alicyclic amines) is 1. The molecule has 2 aliphatic rings. The van der Waals surface area contributed by atoms with Crippen LogP contribution in [-0.2, 0) is 17.6 Å². The van der Waals surface area contributed by atoms with Gasteiger partial charge in [-0.25, -0.2) is 4.79 Å². The largest absolute Gasteiger partial charge is 0.480 e. The van der Waals surface area contributed by atoms with Gasteiger partial charge in [0.05, 0.1) is 12.6 Å². The number of aliphatic carboxylic acids is 1. The molecule has 0 saturated carbocycles. The van der Waals surface area contributed by atoms with Crippen molar-refractivity contribution in [1.29, 1.82) is 0 Å². The van der Waals surface area contributed by atoms with Crippen molar-refractivity contribution in [2.75, 3.05) is 26.2 Å². The average molecular weight is 388 g/mol. The number of carbonyl (C=O) groups is 2. The van der Waals surface area contributed by atoms with E-state index in [1.807, 2.05) is 23.6 Å². The number of amides is 2. The molecule has 0 unspecified atom stereocenters. The summed E-state index contributed by atoms with van der Waals surface area (Å²) in [5.41, 5.74) is 4.06. The Labute approximate surface area is 167 Å². The maximum absolute atomic E-state index is 12.7. The number of piperidine rings is 1. The summed E-state index contributed by atoms with van der Waals surface area (Å²) in [5, 5.41) is 12.2. The second-order valence-electron chi connectivity index (χ2n) is 8.08. The molecule has 3 rings (SSSR count). The van der Waals surface area contributed by atoms with Gasteiger partial charge in [0.15, 0.2) is 0 Å². The number of urea groups is 1. The number of hydrogen-bond acceptors (Lipinski definition) is 3. The van der Waals surface area contributed by atoms with Crippen LogP contribution in [0.4, 0.5) is 4.79 Å². The molecule has 0 bridgehead atoms. The molecule has 2 N–H and O–H groups in total. The van der Waals surface area contributed by atoms with E-state index < -0.39 is 5.97 Å². The lowest BCUT2D eigenvalue weighted by molar-refractivity contribution is -0.139. The van der Waals surface area contributed by atoms with Crippen molar-refractivity contribution in [3.8, 4) is 0 Å². The highest BCUT2D eigenvalue weighted by molar-refractivity contribution is 5.75. The summed E-state index contributed by atoms with van der Waals surface area (Å²) in [4.78, 5) is 27.6. The molecule has 28 heavy (non-hydrogen) atoms. The Kier molecular flexibility index (Phi) is 6.94. The summed E-state index contributed by atoms with van der Waals surface area (Å²) < 4.78 is 0. The first-order valence-corrected chi connectivity index (χ1v) is 10.6. The molecule has 6 heteroatoms. The molecule has 1 heterocycles. The minimum Gasteiger partial charge on any atom is -0.480 e. The van der Waals surface area contributed by atoms with Crippen molar-refractivity contribution < 1.29 is 14.7 Å². The fourth-order valence-electron chi connectivity index (χ4n) is 4.49. The Balaban J connectivity index is 1.52. The molecule has 0 spiro atoms. The van der Waals surface area contributed by atoms with Crippen molar-refractivity contribution in [2.24, 2.45) is 0 Å². The van der Waals surface area contributed by atoms with E-state index in [9.17, 15) is 9.59 Å². The first-order valence-electron chi connectivity index (χ1n) is 10.6. The van der Waals surface area contributed by atoms with Gasteiger partial charge in [-0.2, -0.15) is 0 Å². The molecule has 1 fully saturated rings. The van der Waals surface area contributed by atoms with E-state index in [1.54, 1.807) is 0 Å². The standard InChI is InChI=1S/C22H33N3O3/c1-3-24(15-21(26)27)20-10-12-25(13-11-20)22(28)23-16(2)18-9-8-17-6-4-5-7-19(17)14-18/h8-9,14,16,20H,3-7,10-13,15H2,1-2H3,(H,23,28)(H,26,27)/t16-/m0/s1. The minimum absolute atomic E-state index is 0.0170. The number of likely N-dealkylation sites (N-methyl/N-ethyl adjacent to an activating group) is 1. The highest BCUT2D eigenvalue weighted by Crippen LogP contribution is 2.25. The molecule has 1 aromatic rings. The summed E-state index contributed by atoms with van der Waals surface area (Å²) in [7, 11) is 0. The normalized spacial score (nSPS) is 18.6. The van der Waals surface area contributed by atoms with Gasteiger partial charge in [-0.3, -0.25) is 9.69 Å². The van der Waals surface area contributed by atoms with E-state index in [-0.39, 0.29) is 24.7 Å². The summed E-state index contributed by atoms with van der Waals surface area (Å²) in [6.07, 6.45) is 6.48. The Morgan fingerprint density at radius 3 is 2.54 bits per heavy atom. The van der Waals surface area contributed by atoms with Gasteiger partial charge in [-0.05, 0) is 68.7 Å². The molecule has 2 amide bonds. The summed E-state index contributed by atoms with van der Waals surface area (Å²) >= 11 is 0. The Bertz CT molecular complexity index is 698. The van der Waals surface area contributed by atoms with E-state index in [0.29, 0.717) is 13.1 Å². The van der Waals surface area contributed by atoms with Crippen LogP contribution >= 0.6 is 0 Å². The quantitative estimate of drug-likeness (QED) is 0.786. The Morgan fingerprint density at radius 2 is 1.89 bits per heavy atom. The minimum atomic E-state index is -0.791. The van der Waals surface area contributed by atoms with Crippen molar-refractivity contribution in [3.05, 3.63) is 34.9 Å². The zero-order valence-electron chi connectivity index (χ0n) is 17.1. The highest BCUT2D eigenvalue weighted by Gasteiger charge is 2.27. The van der Waals surface area contributed by atoms with Gasteiger partial charge in [0.2, 0.25) is 0 Å². The van der Waals surface area contributed by atoms with Crippen LogP contribution in [0.1, 0.15) is 62.3 Å². The fraction of sp³-hybridized carbons (Fsp3) is 0.636. The summed E-state index contributed by atoms with van der Waals surface area (Å²) in [6, 6.07) is 6.83. The fourth-order valence-corrected chi connectivity index (χ4v) is 4.49. The van der Waals surface area contributed by atoms with Crippen LogP contribution in [0.3, 0.4) is 0 Å². The van der Waals surface area contributed by atoms with Gasteiger partial charge in [0, 0.05) is 19.1 Å². The number of fused-ring (bicyclic) bond motifs is 1. The second kappa shape index (κ2) is 9.41.